The number of guanidine groups is 1. The molecule has 1 aliphatic rings. The minimum Gasteiger partial charge on any atom is -0.381 e. The lowest BCUT2D eigenvalue weighted by Crippen LogP contribution is -2.43. The second-order valence-electron chi connectivity index (χ2n) is 6.88. The summed E-state index contributed by atoms with van der Waals surface area (Å²) in [5.41, 5.74) is 1.12. The predicted molar refractivity (Wildman–Crippen MR) is 107 cm³/mol. The van der Waals surface area contributed by atoms with Crippen molar-refractivity contribution < 1.29 is 14.3 Å². The largest absolute Gasteiger partial charge is 0.381 e. The average molecular weight is 377 g/mol. The fraction of sp³-hybridized carbons (Fsp3) is 0.600. The summed E-state index contributed by atoms with van der Waals surface area (Å²) >= 11 is 0. The van der Waals surface area contributed by atoms with E-state index < -0.39 is 0 Å². The van der Waals surface area contributed by atoms with Gasteiger partial charge < -0.3 is 25.0 Å². The van der Waals surface area contributed by atoms with Gasteiger partial charge in [-0.3, -0.25) is 4.79 Å². The topological polar surface area (TPSA) is 75.2 Å². The number of nitrogens with one attached hydrogen (secondary N) is 2. The molecule has 7 nitrogen and oxygen atoms in total. The first-order chi connectivity index (χ1) is 13.1. The van der Waals surface area contributed by atoms with E-state index in [0.29, 0.717) is 25.0 Å². The molecule has 7 heteroatoms. The molecule has 0 radical (unpaired) electrons. The van der Waals surface area contributed by atoms with Crippen LogP contribution in [0.1, 0.15) is 18.4 Å². The van der Waals surface area contributed by atoms with Gasteiger partial charge >= 0.3 is 0 Å². The van der Waals surface area contributed by atoms with Crippen LogP contribution in [0.5, 0.6) is 0 Å². The second-order valence-corrected chi connectivity index (χ2v) is 6.88. The molecule has 2 N–H and O–H groups in total. The predicted octanol–water partition coefficient (Wildman–Crippen LogP) is 1.25. The molecule has 1 aliphatic heterocycles. The van der Waals surface area contributed by atoms with Gasteiger partial charge in [-0.25, -0.2) is 4.99 Å². The van der Waals surface area contributed by atoms with Crippen molar-refractivity contribution in [2.45, 2.75) is 19.4 Å². The van der Waals surface area contributed by atoms with E-state index in [9.17, 15) is 4.79 Å². The Morgan fingerprint density at radius 3 is 2.81 bits per heavy atom. The Morgan fingerprint density at radius 2 is 2.11 bits per heavy atom. The van der Waals surface area contributed by atoms with E-state index in [1.54, 1.807) is 19.0 Å². The fourth-order valence-electron chi connectivity index (χ4n) is 2.59. The van der Waals surface area contributed by atoms with Crippen molar-refractivity contribution in [3.63, 3.8) is 0 Å². The van der Waals surface area contributed by atoms with E-state index in [-0.39, 0.29) is 12.5 Å². The number of aliphatic imine (C=N–C) groups is 1. The van der Waals surface area contributed by atoms with Crippen LogP contribution in [-0.4, -0.2) is 70.4 Å². The van der Waals surface area contributed by atoms with Crippen molar-refractivity contribution in [3.8, 4) is 0 Å². The number of carbonyl (C=O) groups is 1. The maximum absolute atomic E-state index is 11.8. The summed E-state index contributed by atoms with van der Waals surface area (Å²) in [7, 11) is 3.48. The monoisotopic (exact) mass is 376 g/mol. The maximum Gasteiger partial charge on any atom is 0.241 e. The smallest absolute Gasteiger partial charge is 0.241 e. The molecule has 1 saturated heterocycles. The van der Waals surface area contributed by atoms with Gasteiger partial charge in [-0.2, -0.15) is 0 Å². The van der Waals surface area contributed by atoms with Gasteiger partial charge in [0, 0.05) is 39.8 Å². The molecule has 0 spiro atoms. The Kier molecular flexibility index (Phi) is 9.65. The number of amides is 1. The lowest BCUT2D eigenvalue weighted by atomic mass is 10.1. The molecular weight excluding hydrogens is 344 g/mol. The number of benzene rings is 1. The zero-order chi connectivity index (χ0) is 19.3. The summed E-state index contributed by atoms with van der Waals surface area (Å²) in [6.07, 6.45) is 1.97. The van der Waals surface area contributed by atoms with Crippen LogP contribution in [0.25, 0.3) is 0 Å². The van der Waals surface area contributed by atoms with Gasteiger partial charge in [0.2, 0.25) is 5.91 Å². The third kappa shape index (κ3) is 8.88. The normalized spacial score (nSPS) is 17.0. The number of carbonyl (C=O) groups excluding carboxylic acids is 1. The van der Waals surface area contributed by atoms with Crippen molar-refractivity contribution in [3.05, 3.63) is 35.9 Å². The molecular formula is C20H32N4O3. The van der Waals surface area contributed by atoms with Crippen molar-refractivity contribution >= 4 is 11.9 Å². The van der Waals surface area contributed by atoms with Crippen LogP contribution in [-0.2, 0) is 20.8 Å². The molecule has 2 rings (SSSR count). The SMILES string of the molecule is CN(C)C(=O)CNC(=NCc1ccccc1)NCCCOCC1CCOC1. The van der Waals surface area contributed by atoms with E-state index in [4.69, 9.17) is 9.47 Å². The molecule has 1 heterocycles. The molecule has 0 aliphatic carbocycles. The summed E-state index contributed by atoms with van der Waals surface area (Å²) in [6.45, 7) is 4.65. The molecule has 0 aromatic heterocycles. The van der Waals surface area contributed by atoms with Crippen LogP contribution in [0.2, 0.25) is 0 Å². The maximum atomic E-state index is 11.8. The van der Waals surface area contributed by atoms with Crippen LogP contribution in [0, 0.1) is 5.92 Å². The summed E-state index contributed by atoms with van der Waals surface area (Å²) in [4.78, 5) is 17.9. The second kappa shape index (κ2) is 12.3. The Morgan fingerprint density at radius 1 is 1.30 bits per heavy atom. The van der Waals surface area contributed by atoms with Crippen molar-refractivity contribution in [2.75, 3.05) is 53.6 Å². The Bertz CT molecular complexity index is 572. The highest BCUT2D eigenvalue weighted by Gasteiger charge is 2.15. The number of ether oxygens (including phenoxy) is 2. The minimum atomic E-state index is 0.00586. The van der Waals surface area contributed by atoms with Crippen LogP contribution >= 0.6 is 0 Å². The van der Waals surface area contributed by atoms with Crippen LogP contribution < -0.4 is 10.6 Å². The molecule has 1 atom stereocenters. The van der Waals surface area contributed by atoms with Gasteiger partial charge in [-0.05, 0) is 18.4 Å². The Labute approximate surface area is 162 Å². The zero-order valence-corrected chi connectivity index (χ0v) is 16.4. The lowest BCUT2D eigenvalue weighted by Gasteiger charge is -2.15. The fourth-order valence-corrected chi connectivity index (χ4v) is 2.59. The highest BCUT2D eigenvalue weighted by Crippen LogP contribution is 2.12. The number of hydrogen-bond donors (Lipinski definition) is 2. The quantitative estimate of drug-likeness (QED) is 0.365. The molecule has 0 bridgehead atoms. The van der Waals surface area contributed by atoms with Crippen molar-refractivity contribution in [1.82, 2.24) is 15.5 Å². The zero-order valence-electron chi connectivity index (χ0n) is 16.4. The summed E-state index contributed by atoms with van der Waals surface area (Å²) in [5, 5.41) is 6.37. The summed E-state index contributed by atoms with van der Waals surface area (Å²) in [5.74, 6) is 1.18. The Hall–Kier alpha value is -2.12. The van der Waals surface area contributed by atoms with E-state index in [0.717, 1.165) is 44.8 Å². The third-order valence-electron chi connectivity index (χ3n) is 4.30. The van der Waals surface area contributed by atoms with E-state index >= 15 is 0 Å². The first kappa shape index (κ1) is 21.2. The van der Waals surface area contributed by atoms with Gasteiger partial charge in [0.25, 0.3) is 0 Å². The summed E-state index contributed by atoms with van der Waals surface area (Å²) < 4.78 is 11.1. The van der Waals surface area contributed by atoms with Crippen molar-refractivity contribution in [1.29, 1.82) is 0 Å². The van der Waals surface area contributed by atoms with E-state index in [1.165, 1.54) is 0 Å². The first-order valence-electron chi connectivity index (χ1n) is 9.57. The number of hydrogen-bond acceptors (Lipinski definition) is 4. The molecule has 0 saturated carbocycles. The van der Waals surface area contributed by atoms with Gasteiger partial charge in [0.15, 0.2) is 5.96 Å². The molecule has 1 fully saturated rings. The number of rotatable bonds is 10. The third-order valence-corrected chi connectivity index (χ3v) is 4.30. The number of likely N-dealkylation sites (N-methyl/N-ethyl adjacent to an activating group) is 1. The van der Waals surface area contributed by atoms with E-state index in [1.807, 2.05) is 30.3 Å². The summed E-state index contributed by atoms with van der Waals surface area (Å²) in [6, 6.07) is 10.0. The standard InChI is InChI=1S/C20H32N4O3/c1-24(2)19(25)14-23-20(22-13-17-7-4-3-5-8-17)21-10-6-11-26-15-18-9-12-27-16-18/h3-5,7-8,18H,6,9-16H2,1-2H3,(H2,21,22,23). The van der Waals surface area contributed by atoms with Crippen molar-refractivity contribution in [2.24, 2.45) is 10.9 Å². The molecule has 27 heavy (non-hydrogen) atoms. The molecule has 1 aromatic carbocycles. The highest BCUT2D eigenvalue weighted by atomic mass is 16.5. The average Bonchev–Trinajstić information content (AvgIpc) is 3.20. The van der Waals surface area contributed by atoms with Gasteiger partial charge in [-0.1, -0.05) is 30.3 Å². The lowest BCUT2D eigenvalue weighted by molar-refractivity contribution is -0.127. The molecule has 150 valence electrons. The van der Waals surface area contributed by atoms with Gasteiger partial charge in [0.1, 0.15) is 0 Å². The molecule has 1 amide bonds. The van der Waals surface area contributed by atoms with E-state index in [2.05, 4.69) is 15.6 Å². The van der Waals surface area contributed by atoms with Gasteiger partial charge in [-0.15, -0.1) is 0 Å². The van der Waals surface area contributed by atoms with Gasteiger partial charge in [0.05, 0.1) is 26.3 Å². The van der Waals surface area contributed by atoms with Crippen LogP contribution in [0.15, 0.2) is 35.3 Å². The number of nitrogens with zero attached hydrogens (tertiary/aromatic N) is 2. The van der Waals surface area contributed by atoms with Crippen LogP contribution in [0.4, 0.5) is 0 Å². The molecule has 1 aromatic rings. The molecule has 1 unspecified atom stereocenters. The minimum absolute atomic E-state index is 0.00586. The highest BCUT2D eigenvalue weighted by molar-refractivity contribution is 5.86. The van der Waals surface area contributed by atoms with Crippen LogP contribution in [0.3, 0.4) is 0 Å². The first-order valence-corrected chi connectivity index (χ1v) is 9.57. The Balaban J connectivity index is 1.71.